The predicted octanol–water partition coefficient (Wildman–Crippen LogP) is 4.10. The second-order valence-electron chi connectivity index (χ2n) is 4.26. The van der Waals surface area contributed by atoms with Crippen molar-refractivity contribution in [2.75, 3.05) is 6.54 Å². The van der Waals surface area contributed by atoms with E-state index in [2.05, 4.69) is 4.99 Å². The summed E-state index contributed by atoms with van der Waals surface area (Å²) in [6.07, 6.45) is 8.21. The molecule has 1 saturated heterocycles. The van der Waals surface area contributed by atoms with Gasteiger partial charge in [-0.15, -0.1) is 0 Å². The molecular formula is C16H16N2OS2. The maximum atomic E-state index is 11.9. The molecule has 0 unspecified atom stereocenters. The number of carbonyl (C=O) groups excluding carboxylic acids is 1. The second-order valence-corrected chi connectivity index (χ2v) is 5.94. The summed E-state index contributed by atoms with van der Waals surface area (Å²) in [6.45, 7) is 2.54. The number of amides is 1. The number of hydrogen-bond acceptors (Lipinski definition) is 4. The van der Waals surface area contributed by atoms with Crippen LogP contribution in [0.4, 0.5) is 5.69 Å². The summed E-state index contributed by atoms with van der Waals surface area (Å²) in [5, 5.41) is 0. The zero-order valence-electron chi connectivity index (χ0n) is 11.7. The van der Waals surface area contributed by atoms with E-state index in [-0.39, 0.29) is 5.91 Å². The number of carbonyl (C=O) groups is 1. The van der Waals surface area contributed by atoms with Crippen LogP contribution in [0.5, 0.6) is 0 Å². The van der Waals surface area contributed by atoms with Gasteiger partial charge in [-0.05, 0) is 25.1 Å². The maximum absolute atomic E-state index is 11.9. The van der Waals surface area contributed by atoms with Gasteiger partial charge in [-0.1, -0.05) is 54.3 Å². The first-order chi connectivity index (χ1) is 10.2. The van der Waals surface area contributed by atoms with Crippen LogP contribution < -0.4 is 0 Å². The first-order valence-corrected chi connectivity index (χ1v) is 7.93. The van der Waals surface area contributed by atoms with Crippen LogP contribution in [0, 0.1) is 0 Å². The Balaban J connectivity index is 1.86. The molecule has 0 radical (unpaired) electrons. The molecule has 5 heteroatoms. The third-order valence-electron chi connectivity index (χ3n) is 2.81. The Morgan fingerprint density at radius 1 is 1.33 bits per heavy atom. The maximum Gasteiger partial charge on any atom is 0.266 e. The van der Waals surface area contributed by atoms with Gasteiger partial charge in [0, 0.05) is 19.2 Å². The largest absolute Gasteiger partial charge is 0.293 e. The molecule has 0 atom stereocenters. The number of nitrogens with zero attached hydrogens (tertiary/aromatic N) is 2. The van der Waals surface area contributed by atoms with Gasteiger partial charge in [0.1, 0.15) is 4.32 Å². The van der Waals surface area contributed by atoms with E-state index in [1.165, 1.54) is 11.8 Å². The molecule has 1 amide bonds. The molecule has 0 saturated carbocycles. The number of thioether (sulfide) groups is 1. The van der Waals surface area contributed by atoms with Crippen LogP contribution in [0.25, 0.3) is 0 Å². The summed E-state index contributed by atoms with van der Waals surface area (Å²) < 4.78 is 0.632. The monoisotopic (exact) mass is 316 g/mol. The minimum absolute atomic E-state index is 0.00453. The van der Waals surface area contributed by atoms with Gasteiger partial charge in [0.25, 0.3) is 5.91 Å². The van der Waals surface area contributed by atoms with Gasteiger partial charge >= 0.3 is 0 Å². The van der Waals surface area contributed by atoms with Crippen LogP contribution in [0.3, 0.4) is 0 Å². The van der Waals surface area contributed by atoms with E-state index in [1.807, 2.05) is 61.7 Å². The molecule has 1 aromatic rings. The highest BCUT2D eigenvalue weighted by Gasteiger charge is 2.29. The van der Waals surface area contributed by atoms with Crippen LogP contribution >= 0.6 is 24.0 Å². The van der Waals surface area contributed by atoms with Crippen molar-refractivity contribution >= 4 is 46.1 Å². The summed E-state index contributed by atoms with van der Waals surface area (Å²) in [7, 11) is 0. The standard InChI is InChI=1S/C16H16N2OS2/c1-2-18-15(19)14(21-16(18)20)11-7-4-8-12-17-13-9-5-3-6-10-13/h3-7,9-12H,2,8H2,1H3. The lowest BCUT2D eigenvalue weighted by molar-refractivity contribution is -0.122. The van der Waals surface area contributed by atoms with Crippen molar-refractivity contribution in [2.45, 2.75) is 13.3 Å². The Labute approximate surface area is 134 Å². The normalized spacial score (nSPS) is 17.8. The molecule has 1 heterocycles. The van der Waals surface area contributed by atoms with E-state index in [1.54, 1.807) is 4.90 Å². The van der Waals surface area contributed by atoms with Crippen LogP contribution in [0.15, 0.2) is 58.5 Å². The number of hydrogen-bond donors (Lipinski definition) is 0. The van der Waals surface area contributed by atoms with E-state index in [9.17, 15) is 4.79 Å². The topological polar surface area (TPSA) is 32.7 Å². The van der Waals surface area contributed by atoms with Crippen molar-refractivity contribution in [2.24, 2.45) is 4.99 Å². The second kappa shape index (κ2) is 7.90. The summed E-state index contributed by atoms with van der Waals surface area (Å²) in [6, 6.07) is 9.79. The molecule has 0 aliphatic carbocycles. The van der Waals surface area contributed by atoms with Crippen LogP contribution in [-0.4, -0.2) is 27.9 Å². The fraction of sp³-hybridized carbons (Fsp3) is 0.188. The zero-order chi connectivity index (χ0) is 15.1. The molecule has 21 heavy (non-hydrogen) atoms. The van der Waals surface area contributed by atoms with Crippen molar-refractivity contribution in [3.8, 4) is 0 Å². The first-order valence-electron chi connectivity index (χ1n) is 6.70. The molecule has 1 aromatic carbocycles. The quantitative estimate of drug-likeness (QED) is 0.466. The van der Waals surface area contributed by atoms with Gasteiger partial charge in [-0.25, -0.2) is 0 Å². The fourth-order valence-electron chi connectivity index (χ4n) is 1.75. The summed E-state index contributed by atoms with van der Waals surface area (Å²) in [5.74, 6) is -0.00453. The van der Waals surface area contributed by atoms with Crippen LogP contribution in [0.1, 0.15) is 13.3 Å². The molecule has 2 rings (SSSR count). The molecule has 1 fully saturated rings. The lowest BCUT2D eigenvalue weighted by Crippen LogP contribution is -2.27. The number of para-hydroxylation sites is 1. The number of benzene rings is 1. The smallest absolute Gasteiger partial charge is 0.266 e. The Morgan fingerprint density at radius 2 is 2.10 bits per heavy atom. The van der Waals surface area contributed by atoms with E-state index in [0.717, 1.165) is 12.1 Å². The van der Waals surface area contributed by atoms with Gasteiger partial charge in [0.15, 0.2) is 0 Å². The third kappa shape index (κ3) is 4.37. The van der Waals surface area contributed by atoms with Crippen LogP contribution in [-0.2, 0) is 4.79 Å². The lowest BCUT2D eigenvalue weighted by atomic mass is 10.3. The lowest BCUT2D eigenvalue weighted by Gasteiger charge is -2.09. The van der Waals surface area contributed by atoms with Gasteiger partial charge in [0.2, 0.25) is 0 Å². The van der Waals surface area contributed by atoms with Gasteiger partial charge in [0.05, 0.1) is 10.6 Å². The molecule has 3 nitrogen and oxygen atoms in total. The summed E-state index contributed by atoms with van der Waals surface area (Å²) in [5.41, 5.74) is 0.940. The molecule has 1 aliphatic heterocycles. The number of allylic oxidation sites excluding steroid dienone is 3. The Kier molecular flexibility index (Phi) is 5.90. The van der Waals surface area contributed by atoms with Crippen molar-refractivity contribution in [1.29, 1.82) is 0 Å². The molecule has 0 bridgehead atoms. The molecule has 0 spiro atoms. The number of aliphatic imine (C=N–C) groups is 1. The number of thiocarbonyl (C=S) groups is 1. The van der Waals surface area contributed by atoms with E-state index < -0.39 is 0 Å². The Morgan fingerprint density at radius 3 is 2.76 bits per heavy atom. The molecule has 1 aliphatic rings. The SMILES string of the molecule is CCN1C(=O)C(=CC=CCC=Nc2ccccc2)SC1=S. The van der Waals surface area contributed by atoms with E-state index in [0.29, 0.717) is 15.8 Å². The molecular weight excluding hydrogens is 300 g/mol. The van der Waals surface area contributed by atoms with Crippen molar-refractivity contribution in [1.82, 2.24) is 4.90 Å². The summed E-state index contributed by atoms with van der Waals surface area (Å²) in [4.78, 5) is 18.6. The van der Waals surface area contributed by atoms with Gasteiger partial charge in [-0.2, -0.15) is 0 Å². The van der Waals surface area contributed by atoms with E-state index in [4.69, 9.17) is 12.2 Å². The van der Waals surface area contributed by atoms with Crippen molar-refractivity contribution < 1.29 is 4.79 Å². The highest BCUT2D eigenvalue weighted by atomic mass is 32.2. The van der Waals surface area contributed by atoms with Crippen LogP contribution in [0.2, 0.25) is 0 Å². The minimum atomic E-state index is -0.00453. The Hall–Kier alpha value is -1.72. The molecule has 0 N–H and O–H groups in total. The minimum Gasteiger partial charge on any atom is -0.293 e. The highest BCUT2D eigenvalue weighted by molar-refractivity contribution is 8.26. The zero-order valence-corrected chi connectivity index (χ0v) is 13.4. The van der Waals surface area contributed by atoms with E-state index >= 15 is 0 Å². The average molecular weight is 316 g/mol. The average Bonchev–Trinajstić information content (AvgIpc) is 2.77. The number of likely N-dealkylation sites (N-methyl/N-ethyl adjacent to an activating group) is 1. The highest BCUT2D eigenvalue weighted by Crippen LogP contribution is 2.30. The third-order valence-corrected chi connectivity index (χ3v) is 4.21. The first kappa shape index (κ1) is 15.7. The summed E-state index contributed by atoms with van der Waals surface area (Å²) >= 11 is 6.50. The number of rotatable bonds is 5. The van der Waals surface area contributed by atoms with Crippen molar-refractivity contribution in [3.05, 3.63) is 53.5 Å². The Bertz CT molecular complexity index is 606. The molecule has 108 valence electrons. The fourth-order valence-corrected chi connectivity index (χ4v) is 3.09. The van der Waals surface area contributed by atoms with Gasteiger partial charge in [-0.3, -0.25) is 14.7 Å². The molecule has 0 aromatic heterocycles. The van der Waals surface area contributed by atoms with Crippen molar-refractivity contribution in [3.63, 3.8) is 0 Å². The predicted molar refractivity (Wildman–Crippen MR) is 94.0 cm³/mol. The van der Waals surface area contributed by atoms with Gasteiger partial charge < -0.3 is 0 Å².